The minimum absolute atomic E-state index is 0.221. The number of unbranched alkanes of at least 4 members (excludes halogenated alkanes) is 16. The molecule has 232 valence electrons. The molecule has 0 radical (unpaired) electrons. The molecule has 0 saturated heterocycles. The monoisotopic (exact) mass is 558 g/mol. The van der Waals surface area contributed by atoms with Gasteiger partial charge in [-0.25, -0.2) is 19.3 Å². The predicted octanol–water partition coefficient (Wildman–Crippen LogP) is 9.70. The summed E-state index contributed by atoms with van der Waals surface area (Å²) in [4.78, 5) is 34.7. The van der Waals surface area contributed by atoms with E-state index in [2.05, 4.69) is 26.1 Å². The standard InChI is InChI=1S/C16H31NO4.C15H31NO2/c1-3-5-7-8-9-10-12-14-21-16(20)17(15(18)19)13-11-6-4-2;1-3-5-7-8-9-10-12-14-18-15(17)16-13-11-6-4-2/h3-14H2,1-2H3,(H,18,19);3-14H2,1-2H3,(H,16,17). The summed E-state index contributed by atoms with van der Waals surface area (Å²) in [5.41, 5.74) is 0. The highest BCUT2D eigenvalue weighted by molar-refractivity contribution is 5.86. The molecule has 0 aromatic rings. The number of hydrogen-bond acceptors (Lipinski definition) is 5. The van der Waals surface area contributed by atoms with Gasteiger partial charge in [0.1, 0.15) is 0 Å². The van der Waals surface area contributed by atoms with Crippen LogP contribution in [0, 0.1) is 0 Å². The van der Waals surface area contributed by atoms with Crippen LogP contribution in [0.3, 0.4) is 0 Å². The van der Waals surface area contributed by atoms with E-state index in [-0.39, 0.29) is 12.6 Å². The summed E-state index contributed by atoms with van der Waals surface area (Å²) in [5.74, 6) is 0. The van der Waals surface area contributed by atoms with E-state index < -0.39 is 12.2 Å². The Balaban J connectivity index is 0. The molecule has 3 amide bonds. The van der Waals surface area contributed by atoms with E-state index in [0.29, 0.717) is 19.6 Å². The summed E-state index contributed by atoms with van der Waals surface area (Å²) in [6.07, 6.45) is 20.5. The molecule has 0 aliphatic rings. The zero-order chi connectivity index (χ0) is 29.4. The second kappa shape index (κ2) is 32.2. The maximum absolute atomic E-state index is 11.7. The van der Waals surface area contributed by atoms with Gasteiger partial charge < -0.3 is 19.9 Å². The second-order valence-corrected chi connectivity index (χ2v) is 10.3. The van der Waals surface area contributed by atoms with Gasteiger partial charge in [0.25, 0.3) is 0 Å². The lowest BCUT2D eigenvalue weighted by Gasteiger charge is -2.16. The van der Waals surface area contributed by atoms with Gasteiger partial charge in [-0.1, -0.05) is 130 Å². The van der Waals surface area contributed by atoms with Crippen molar-refractivity contribution in [1.29, 1.82) is 0 Å². The molecule has 0 heterocycles. The first-order valence-electron chi connectivity index (χ1n) is 16.0. The van der Waals surface area contributed by atoms with Crippen LogP contribution in [0.2, 0.25) is 0 Å². The van der Waals surface area contributed by atoms with Crippen molar-refractivity contribution in [2.75, 3.05) is 26.3 Å². The van der Waals surface area contributed by atoms with Crippen molar-refractivity contribution < 1.29 is 29.0 Å². The van der Waals surface area contributed by atoms with Crippen molar-refractivity contribution in [1.82, 2.24) is 10.2 Å². The van der Waals surface area contributed by atoms with E-state index in [1.54, 1.807) is 0 Å². The van der Waals surface area contributed by atoms with Crippen molar-refractivity contribution in [2.45, 2.75) is 156 Å². The summed E-state index contributed by atoms with van der Waals surface area (Å²) >= 11 is 0. The van der Waals surface area contributed by atoms with Crippen molar-refractivity contribution in [3.63, 3.8) is 0 Å². The number of imide groups is 1. The van der Waals surface area contributed by atoms with E-state index in [1.165, 1.54) is 70.6 Å². The fraction of sp³-hybridized carbons (Fsp3) is 0.903. The Morgan fingerprint density at radius 2 is 0.974 bits per heavy atom. The lowest BCUT2D eigenvalue weighted by Crippen LogP contribution is -2.37. The molecule has 0 aromatic carbocycles. The highest BCUT2D eigenvalue weighted by atomic mass is 16.6. The minimum Gasteiger partial charge on any atom is -0.465 e. The van der Waals surface area contributed by atoms with Crippen molar-refractivity contribution in [3.05, 3.63) is 0 Å². The predicted molar refractivity (Wildman–Crippen MR) is 160 cm³/mol. The molecule has 0 rings (SSSR count). The molecule has 0 saturated carbocycles. The number of nitrogens with zero attached hydrogens (tertiary/aromatic N) is 1. The normalized spacial score (nSPS) is 10.4. The number of alkyl carbamates (subject to hydrolysis) is 1. The second-order valence-electron chi connectivity index (χ2n) is 10.3. The molecular formula is C31H62N2O6. The van der Waals surface area contributed by atoms with Gasteiger partial charge in [-0.2, -0.15) is 0 Å². The third-order valence-corrected chi connectivity index (χ3v) is 6.44. The summed E-state index contributed by atoms with van der Waals surface area (Å²) in [5, 5.41) is 11.8. The van der Waals surface area contributed by atoms with Gasteiger partial charge >= 0.3 is 18.3 Å². The van der Waals surface area contributed by atoms with Crippen LogP contribution < -0.4 is 5.32 Å². The molecule has 0 aliphatic carbocycles. The van der Waals surface area contributed by atoms with E-state index >= 15 is 0 Å². The first kappa shape index (κ1) is 39.2. The molecule has 0 aromatic heterocycles. The molecule has 8 nitrogen and oxygen atoms in total. The third-order valence-electron chi connectivity index (χ3n) is 6.44. The van der Waals surface area contributed by atoms with E-state index in [4.69, 9.17) is 14.6 Å². The molecular weight excluding hydrogens is 496 g/mol. The van der Waals surface area contributed by atoms with E-state index in [9.17, 15) is 14.4 Å². The lowest BCUT2D eigenvalue weighted by molar-refractivity contribution is 0.0924. The number of ether oxygens (including phenoxy) is 2. The average molecular weight is 559 g/mol. The number of carbonyl (C=O) groups is 3. The summed E-state index contributed by atoms with van der Waals surface area (Å²) in [7, 11) is 0. The fourth-order valence-electron chi connectivity index (χ4n) is 3.92. The first-order chi connectivity index (χ1) is 18.9. The Morgan fingerprint density at radius 3 is 1.46 bits per heavy atom. The van der Waals surface area contributed by atoms with E-state index in [1.807, 2.05) is 6.92 Å². The van der Waals surface area contributed by atoms with Gasteiger partial charge in [0.2, 0.25) is 0 Å². The van der Waals surface area contributed by atoms with Gasteiger partial charge in [-0.05, 0) is 25.7 Å². The van der Waals surface area contributed by atoms with Gasteiger partial charge in [-0.3, -0.25) is 0 Å². The Labute approximate surface area is 240 Å². The number of carbonyl (C=O) groups excluding carboxylic acids is 2. The molecule has 0 unspecified atom stereocenters. The number of amides is 3. The van der Waals surface area contributed by atoms with Crippen LogP contribution in [-0.2, 0) is 9.47 Å². The number of nitrogens with one attached hydrogen (secondary N) is 1. The smallest absolute Gasteiger partial charge is 0.419 e. The first-order valence-corrected chi connectivity index (χ1v) is 16.0. The molecule has 0 aliphatic heterocycles. The van der Waals surface area contributed by atoms with Gasteiger partial charge in [-0.15, -0.1) is 0 Å². The molecule has 0 fully saturated rings. The molecule has 0 atom stereocenters. The Kier molecular flexibility index (Phi) is 32.4. The van der Waals surface area contributed by atoms with Crippen LogP contribution in [0.5, 0.6) is 0 Å². The Bertz CT molecular complexity index is 559. The van der Waals surface area contributed by atoms with Gasteiger partial charge in [0.05, 0.1) is 13.2 Å². The average Bonchev–Trinajstić information content (AvgIpc) is 2.92. The SMILES string of the molecule is CCCCCCCCCOC(=O)N(CCCCC)C(=O)O.CCCCCCCCCOC(=O)NCCCCC. The molecule has 0 spiro atoms. The summed E-state index contributed by atoms with van der Waals surface area (Å²) in [6, 6.07) is 0. The fourth-order valence-corrected chi connectivity index (χ4v) is 3.92. The zero-order valence-corrected chi connectivity index (χ0v) is 25.9. The minimum atomic E-state index is -1.23. The van der Waals surface area contributed by atoms with Crippen molar-refractivity contribution >= 4 is 18.3 Å². The molecule has 39 heavy (non-hydrogen) atoms. The third kappa shape index (κ3) is 30.4. The van der Waals surface area contributed by atoms with Crippen molar-refractivity contribution in [2.24, 2.45) is 0 Å². The molecule has 8 heteroatoms. The number of hydrogen-bond donors (Lipinski definition) is 2. The zero-order valence-electron chi connectivity index (χ0n) is 25.9. The topological polar surface area (TPSA) is 105 Å². The number of carboxylic acid groups (broad SMARTS) is 1. The van der Waals surface area contributed by atoms with E-state index in [0.717, 1.165) is 62.8 Å². The van der Waals surface area contributed by atoms with Crippen LogP contribution >= 0.6 is 0 Å². The van der Waals surface area contributed by atoms with Gasteiger partial charge in [0, 0.05) is 13.1 Å². The molecule has 0 bridgehead atoms. The summed E-state index contributed by atoms with van der Waals surface area (Å²) < 4.78 is 10.1. The maximum Gasteiger partial charge on any atom is 0.419 e. The highest BCUT2D eigenvalue weighted by Gasteiger charge is 2.21. The Hall–Kier alpha value is -1.99. The maximum atomic E-state index is 11.7. The molecule has 2 N–H and O–H groups in total. The lowest BCUT2D eigenvalue weighted by atomic mass is 10.1. The Morgan fingerprint density at radius 1 is 0.564 bits per heavy atom. The van der Waals surface area contributed by atoms with Gasteiger partial charge in [0.15, 0.2) is 0 Å². The largest absolute Gasteiger partial charge is 0.465 e. The van der Waals surface area contributed by atoms with Crippen LogP contribution in [-0.4, -0.2) is 54.6 Å². The van der Waals surface area contributed by atoms with Crippen LogP contribution in [0.4, 0.5) is 14.4 Å². The number of rotatable bonds is 24. The van der Waals surface area contributed by atoms with Crippen LogP contribution in [0.25, 0.3) is 0 Å². The quantitative estimate of drug-likeness (QED) is 0.114. The van der Waals surface area contributed by atoms with Crippen LogP contribution in [0.15, 0.2) is 0 Å². The highest BCUT2D eigenvalue weighted by Crippen LogP contribution is 2.08. The van der Waals surface area contributed by atoms with Crippen LogP contribution in [0.1, 0.15) is 156 Å². The van der Waals surface area contributed by atoms with Crippen molar-refractivity contribution in [3.8, 4) is 0 Å². The summed E-state index contributed by atoms with van der Waals surface area (Å²) in [6.45, 7) is 10.4.